The zero-order valence-corrected chi connectivity index (χ0v) is 16.3. The minimum atomic E-state index is -3.67. The fourth-order valence-corrected chi connectivity index (χ4v) is 5.01. The highest BCUT2D eigenvalue weighted by Crippen LogP contribution is 2.26. The van der Waals surface area contributed by atoms with Gasteiger partial charge in [-0.15, -0.1) is 0 Å². The number of hydrogen-bond acceptors (Lipinski definition) is 5. The summed E-state index contributed by atoms with van der Waals surface area (Å²) in [6, 6.07) is 5.44. The third-order valence-electron chi connectivity index (χ3n) is 5.40. The maximum atomic E-state index is 13.0. The maximum Gasteiger partial charge on any atom is 0.242 e. The van der Waals surface area contributed by atoms with Gasteiger partial charge in [-0.2, -0.15) is 0 Å². The molecule has 1 aliphatic carbocycles. The molecular weight excluding hydrogens is 371 g/mol. The summed E-state index contributed by atoms with van der Waals surface area (Å²) in [5.74, 6) is 0.0347. The first-order valence-corrected chi connectivity index (χ1v) is 10.8. The second kappa shape index (κ2) is 8.64. The Bertz CT molecular complexity index is 756. The predicted molar refractivity (Wildman–Crippen MR) is 99.6 cm³/mol. The third-order valence-corrected chi connectivity index (χ3v) is 7.27. The molecule has 1 heterocycles. The lowest BCUT2D eigenvalue weighted by Crippen LogP contribution is -2.44. The molecule has 27 heavy (non-hydrogen) atoms. The molecule has 2 aliphatic rings. The number of nitrogens with zero attached hydrogens (tertiary/aromatic N) is 1. The highest BCUT2D eigenvalue weighted by molar-refractivity contribution is 7.89. The van der Waals surface area contributed by atoms with E-state index in [-0.39, 0.29) is 29.8 Å². The van der Waals surface area contributed by atoms with Crippen LogP contribution in [0.15, 0.2) is 29.2 Å². The molecule has 0 radical (unpaired) electrons. The molecule has 1 aliphatic heterocycles. The van der Waals surface area contributed by atoms with Gasteiger partial charge in [0.15, 0.2) is 0 Å². The van der Waals surface area contributed by atoms with Crippen molar-refractivity contribution in [2.75, 3.05) is 20.1 Å². The number of benzene rings is 1. The molecule has 0 aromatic heterocycles. The second-order valence-electron chi connectivity index (χ2n) is 7.35. The molecule has 9 heteroatoms. The Kier molecular flexibility index (Phi) is 6.46. The van der Waals surface area contributed by atoms with Crippen LogP contribution in [0.4, 0.5) is 4.39 Å². The topological polar surface area (TPSA) is 90.5 Å². The molecule has 3 rings (SSSR count). The van der Waals surface area contributed by atoms with E-state index in [9.17, 15) is 17.6 Å². The molecule has 1 aromatic carbocycles. The van der Waals surface area contributed by atoms with E-state index >= 15 is 0 Å². The normalized spacial score (nSPS) is 25.4. The zero-order valence-electron chi connectivity index (χ0n) is 15.4. The molecule has 1 aromatic rings. The van der Waals surface area contributed by atoms with Crippen LogP contribution in [0, 0.1) is 11.7 Å². The van der Waals surface area contributed by atoms with Crippen LogP contribution in [0.5, 0.6) is 0 Å². The summed E-state index contributed by atoms with van der Waals surface area (Å²) in [7, 11) is -2.20. The van der Waals surface area contributed by atoms with E-state index in [0.717, 1.165) is 37.9 Å². The molecule has 1 amide bonds. The van der Waals surface area contributed by atoms with Crippen LogP contribution in [-0.2, 0) is 14.8 Å². The van der Waals surface area contributed by atoms with Crippen molar-refractivity contribution >= 4 is 15.9 Å². The van der Waals surface area contributed by atoms with Crippen LogP contribution < -0.4 is 16.2 Å². The van der Waals surface area contributed by atoms with Gasteiger partial charge in [-0.1, -0.05) is 0 Å². The zero-order chi connectivity index (χ0) is 19.4. The largest absolute Gasteiger partial charge is 0.353 e. The van der Waals surface area contributed by atoms with E-state index < -0.39 is 15.8 Å². The first-order chi connectivity index (χ1) is 12.9. The smallest absolute Gasteiger partial charge is 0.242 e. The summed E-state index contributed by atoms with van der Waals surface area (Å²) < 4.78 is 39.0. The molecule has 7 nitrogen and oxygen atoms in total. The van der Waals surface area contributed by atoms with Crippen molar-refractivity contribution < 1.29 is 17.6 Å². The van der Waals surface area contributed by atoms with Crippen molar-refractivity contribution in [3.8, 4) is 0 Å². The fraction of sp³-hybridized carbons (Fsp3) is 0.611. The van der Waals surface area contributed by atoms with Gasteiger partial charge in [0.1, 0.15) is 5.82 Å². The highest BCUT2D eigenvalue weighted by atomic mass is 32.2. The van der Waals surface area contributed by atoms with Crippen molar-refractivity contribution in [1.82, 2.24) is 20.5 Å². The van der Waals surface area contributed by atoms with E-state index in [4.69, 9.17) is 0 Å². The molecule has 2 fully saturated rings. The number of halogens is 1. The Balaban J connectivity index is 1.42. The minimum absolute atomic E-state index is 0.0371. The van der Waals surface area contributed by atoms with E-state index in [1.54, 1.807) is 0 Å². The van der Waals surface area contributed by atoms with Crippen LogP contribution >= 0.6 is 0 Å². The molecule has 1 saturated carbocycles. The Labute approximate surface area is 159 Å². The number of nitrogens with one attached hydrogen (secondary N) is 3. The number of carbonyl (C=O) groups excluding carboxylic acids is 1. The predicted octanol–water partition coefficient (Wildman–Crippen LogP) is 0.988. The van der Waals surface area contributed by atoms with Crippen molar-refractivity contribution in [3.63, 3.8) is 0 Å². The number of sulfonamides is 1. The quantitative estimate of drug-likeness (QED) is 0.637. The molecule has 3 atom stereocenters. The van der Waals surface area contributed by atoms with Crippen LogP contribution in [0.2, 0.25) is 0 Å². The first-order valence-electron chi connectivity index (χ1n) is 9.36. The molecule has 3 N–H and O–H groups in total. The summed E-state index contributed by atoms with van der Waals surface area (Å²) in [4.78, 5) is 12.2. The van der Waals surface area contributed by atoms with Gasteiger partial charge in [-0.3, -0.25) is 15.6 Å². The van der Waals surface area contributed by atoms with Gasteiger partial charge >= 0.3 is 0 Å². The van der Waals surface area contributed by atoms with E-state index in [2.05, 4.69) is 16.2 Å². The Hall–Kier alpha value is -1.55. The van der Waals surface area contributed by atoms with E-state index in [1.807, 2.05) is 0 Å². The third kappa shape index (κ3) is 5.04. The summed E-state index contributed by atoms with van der Waals surface area (Å²) >= 11 is 0. The van der Waals surface area contributed by atoms with Crippen molar-refractivity contribution in [2.45, 2.75) is 49.1 Å². The SMILES string of the molecule is CN(CCCC(=O)NC1CCC2NNCC2C1)S(=O)(=O)c1ccc(F)cc1. The number of amides is 1. The Morgan fingerprint density at radius 2 is 2.04 bits per heavy atom. The summed E-state index contributed by atoms with van der Waals surface area (Å²) in [6.07, 6.45) is 3.69. The summed E-state index contributed by atoms with van der Waals surface area (Å²) in [6.45, 7) is 1.17. The molecule has 3 unspecified atom stereocenters. The maximum absolute atomic E-state index is 13.0. The number of hydrazine groups is 1. The molecular formula is C18H27FN4O3S. The Morgan fingerprint density at radius 3 is 2.78 bits per heavy atom. The summed E-state index contributed by atoms with van der Waals surface area (Å²) in [5.41, 5.74) is 6.43. The number of hydrogen-bond donors (Lipinski definition) is 3. The molecule has 1 saturated heterocycles. The van der Waals surface area contributed by atoms with Crippen LogP contribution in [0.3, 0.4) is 0 Å². The highest BCUT2D eigenvalue weighted by Gasteiger charge is 2.34. The first kappa shape index (κ1) is 20.2. The number of carbonyl (C=O) groups is 1. The van der Waals surface area contributed by atoms with E-state index in [1.165, 1.54) is 23.5 Å². The van der Waals surface area contributed by atoms with Gasteiger partial charge in [-0.05, 0) is 55.9 Å². The van der Waals surface area contributed by atoms with Crippen molar-refractivity contribution in [2.24, 2.45) is 5.92 Å². The molecule has 0 bridgehead atoms. The van der Waals surface area contributed by atoms with Gasteiger partial charge in [0.05, 0.1) is 4.90 Å². The van der Waals surface area contributed by atoms with Gasteiger partial charge in [0.25, 0.3) is 0 Å². The van der Waals surface area contributed by atoms with Crippen LogP contribution in [0.1, 0.15) is 32.1 Å². The molecule has 0 spiro atoms. The average molecular weight is 399 g/mol. The fourth-order valence-electron chi connectivity index (χ4n) is 3.80. The Morgan fingerprint density at radius 1 is 1.30 bits per heavy atom. The van der Waals surface area contributed by atoms with Crippen LogP contribution in [0.25, 0.3) is 0 Å². The second-order valence-corrected chi connectivity index (χ2v) is 9.40. The van der Waals surface area contributed by atoms with E-state index in [0.29, 0.717) is 18.4 Å². The lowest BCUT2D eigenvalue weighted by atomic mass is 9.83. The van der Waals surface area contributed by atoms with Crippen LogP contribution in [-0.4, -0.2) is 50.9 Å². The minimum Gasteiger partial charge on any atom is -0.353 e. The summed E-state index contributed by atoms with van der Waals surface area (Å²) in [5, 5.41) is 3.08. The number of fused-ring (bicyclic) bond motifs is 1. The molecule has 150 valence electrons. The lowest BCUT2D eigenvalue weighted by Gasteiger charge is -2.31. The average Bonchev–Trinajstić information content (AvgIpc) is 3.09. The van der Waals surface area contributed by atoms with Gasteiger partial charge in [0, 0.05) is 38.6 Å². The standard InChI is InChI=1S/C18H27FN4O3S/c1-23(27(25,26)16-7-4-14(19)5-8-16)10-2-3-18(24)21-15-6-9-17-13(11-15)12-20-22-17/h4-5,7-8,13,15,17,20,22H,2-3,6,9-12H2,1H3,(H,21,24). The van der Waals surface area contributed by atoms with Crippen molar-refractivity contribution in [3.05, 3.63) is 30.1 Å². The monoisotopic (exact) mass is 398 g/mol. The van der Waals surface area contributed by atoms with Crippen molar-refractivity contribution in [1.29, 1.82) is 0 Å². The number of rotatable bonds is 7. The lowest BCUT2D eigenvalue weighted by molar-refractivity contribution is -0.122. The van der Waals surface area contributed by atoms with Gasteiger partial charge in [0.2, 0.25) is 15.9 Å². The van der Waals surface area contributed by atoms with Gasteiger partial charge in [-0.25, -0.2) is 17.1 Å². The van der Waals surface area contributed by atoms with Gasteiger partial charge < -0.3 is 5.32 Å².